The van der Waals surface area contributed by atoms with E-state index >= 15 is 0 Å². The number of hydrogen-bond acceptors (Lipinski definition) is 2. The first-order valence-corrected chi connectivity index (χ1v) is 10.4. The zero-order chi connectivity index (χ0) is 23.4. The highest BCUT2D eigenvalue weighted by molar-refractivity contribution is 6.31. The molecule has 0 saturated heterocycles. The number of alkyl halides is 2. The van der Waals surface area contributed by atoms with Crippen molar-refractivity contribution >= 4 is 34.2 Å². The number of amides is 1. The number of fused-ring (bicyclic) bond motifs is 1. The van der Waals surface area contributed by atoms with E-state index in [0.717, 1.165) is 16.6 Å². The van der Waals surface area contributed by atoms with Gasteiger partial charge in [-0.05, 0) is 12.1 Å². The molecule has 0 aromatic carbocycles. The highest BCUT2D eigenvalue weighted by Gasteiger charge is 2.40. The number of anilines is 1. The Morgan fingerprint density at radius 2 is 1.86 bits per heavy atom. The largest absolute Gasteiger partial charge is 1.00 e. The molecule has 0 aliphatic heterocycles. The second kappa shape index (κ2) is 13.5. The fourth-order valence-electron chi connectivity index (χ4n) is 3.31. The first-order valence-electron chi connectivity index (χ1n) is 10.1. The van der Waals surface area contributed by atoms with Gasteiger partial charge in [-0.3, -0.25) is 10.1 Å². The molecule has 7 nitrogen and oxygen atoms in total. The van der Waals surface area contributed by atoms with Crippen molar-refractivity contribution in [2.45, 2.75) is 18.9 Å². The monoisotopic (exact) mass is 582 g/mol. The maximum atomic E-state index is 15.0. The third-order valence-electron chi connectivity index (χ3n) is 5.06. The van der Waals surface area contributed by atoms with Crippen LogP contribution in [0.5, 0.6) is 0 Å². The van der Waals surface area contributed by atoms with Crippen LogP contribution in [0.1, 0.15) is 17.0 Å². The number of carbonyl (C=O) groups excluding carboxylic acids is 1. The summed E-state index contributed by atoms with van der Waals surface area (Å²) < 4.78 is 43.7. The van der Waals surface area contributed by atoms with Crippen LogP contribution in [-0.4, -0.2) is 17.4 Å². The number of hydrogen-bond donors (Lipinski definition) is 3. The van der Waals surface area contributed by atoms with E-state index in [4.69, 9.17) is 11.6 Å². The fourth-order valence-corrected chi connectivity index (χ4v) is 3.51. The lowest BCUT2D eigenvalue weighted by Crippen LogP contribution is -3.00. The molecule has 0 bridgehead atoms. The molecule has 14 heteroatoms. The summed E-state index contributed by atoms with van der Waals surface area (Å²) in [5.74, 6) is -4.94. The van der Waals surface area contributed by atoms with Gasteiger partial charge in [-0.2, -0.15) is 13.2 Å². The SMILES string of the molecule is O=C(Cc1c(Cl)c[nH+]c(NCC(F)(F)c2cccc[nH+]2)c1F)NCc1cc2cc[nH]c2c[nH+]1.[Cl-].[Cl-].[Cl-]. The molecule has 4 heterocycles. The molecule has 0 aliphatic carbocycles. The topological polar surface area (TPSA) is 99.3 Å². The molecular formula is C22H21Cl4F3N6O. The molecular weight excluding hydrogens is 563 g/mol. The Morgan fingerprint density at radius 3 is 2.58 bits per heavy atom. The summed E-state index contributed by atoms with van der Waals surface area (Å²) in [7, 11) is 0. The molecule has 4 rings (SSSR count). The average Bonchev–Trinajstić information content (AvgIpc) is 3.28. The third kappa shape index (κ3) is 7.36. The second-order valence-corrected chi connectivity index (χ2v) is 7.80. The zero-order valence-corrected chi connectivity index (χ0v) is 21.4. The average molecular weight is 584 g/mol. The summed E-state index contributed by atoms with van der Waals surface area (Å²) in [5, 5.41) is 6.02. The van der Waals surface area contributed by atoms with E-state index in [9.17, 15) is 18.0 Å². The van der Waals surface area contributed by atoms with Gasteiger partial charge in [0.2, 0.25) is 11.7 Å². The summed E-state index contributed by atoms with van der Waals surface area (Å²) in [6.45, 7) is -0.672. The van der Waals surface area contributed by atoms with Crippen LogP contribution in [0, 0.1) is 5.82 Å². The highest BCUT2D eigenvalue weighted by atomic mass is 35.5. The number of rotatable bonds is 8. The van der Waals surface area contributed by atoms with E-state index in [1.54, 1.807) is 18.5 Å². The van der Waals surface area contributed by atoms with Crippen LogP contribution in [0.3, 0.4) is 0 Å². The van der Waals surface area contributed by atoms with Crippen LogP contribution in [-0.2, 0) is 23.7 Å². The van der Waals surface area contributed by atoms with Crippen LogP contribution in [0.25, 0.3) is 10.9 Å². The normalized spacial score (nSPS) is 10.6. The van der Waals surface area contributed by atoms with Crippen LogP contribution < -0.4 is 62.8 Å². The summed E-state index contributed by atoms with van der Waals surface area (Å²) in [5.41, 5.74) is 1.26. The minimum Gasteiger partial charge on any atom is -1.00 e. The van der Waals surface area contributed by atoms with Crippen molar-refractivity contribution in [3.8, 4) is 0 Å². The lowest BCUT2D eigenvalue weighted by molar-refractivity contribution is -0.412. The molecule has 194 valence electrons. The van der Waals surface area contributed by atoms with Crippen molar-refractivity contribution < 1.29 is 70.1 Å². The molecule has 0 aliphatic rings. The Bertz CT molecular complexity index is 1290. The van der Waals surface area contributed by atoms with Crippen molar-refractivity contribution in [1.29, 1.82) is 0 Å². The Balaban J connectivity index is 0.00000216. The minimum atomic E-state index is -3.28. The van der Waals surface area contributed by atoms with E-state index in [0.29, 0.717) is 0 Å². The second-order valence-electron chi connectivity index (χ2n) is 7.40. The Kier molecular flexibility index (Phi) is 11.7. The van der Waals surface area contributed by atoms with Crippen molar-refractivity contribution in [1.82, 2.24) is 10.3 Å². The smallest absolute Gasteiger partial charge is 0.365 e. The number of aromatic amines is 4. The van der Waals surface area contributed by atoms with Gasteiger partial charge >= 0.3 is 11.7 Å². The number of carbonyl (C=O) groups is 1. The van der Waals surface area contributed by atoms with Gasteiger partial charge in [0.15, 0.2) is 24.6 Å². The lowest BCUT2D eigenvalue weighted by Gasteiger charge is -2.11. The van der Waals surface area contributed by atoms with Crippen molar-refractivity contribution in [2.75, 3.05) is 11.9 Å². The van der Waals surface area contributed by atoms with E-state index in [2.05, 4.69) is 30.6 Å². The highest BCUT2D eigenvalue weighted by Crippen LogP contribution is 2.26. The first-order chi connectivity index (χ1) is 15.8. The van der Waals surface area contributed by atoms with E-state index in [1.807, 2.05) is 12.1 Å². The van der Waals surface area contributed by atoms with E-state index in [1.165, 1.54) is 24.5 Å². The van der Waals surface area contributed by atoms with Crippen LogP contribution in [0.15, 0.2) is 55.1 Å². The molecule has 4 aromatic rings. The van der Waals surface area contributed by atoms with Crippen molar-refractivity contribution in [3.63, 3.8) is 0 Å². The van der Waals surface area contributed by atoms with Gasteiger partial charge in [0, 0.05) is 35.3 Å². The van der Waals surface area contributed by atoms with E-state index in [-0.39, 0.29) is 72.3 Å². The zero-order valence-electron chi connectivity index (χ0n) is 18.4. The molecule has 0 spiro atoms. The maximum Gasteiger partial charge on any atom is 0.365 e. The summed E-state index contributed by atoms with van der Waals surface area (Å²) in [6, 6.07) is 8.07. The fraction of sp³-hybridized carbons (Fsp3) is 0.182. The predicted molar refractivity (Wildman–Crippen MR) is 114 cm³/mol. The summed E-state index contributed by atoms with van der Waals surface area (Å²) in [4.78, 5) is 23.5. The number of pyridine rings is 3. The van der Waals surface area contributed by atoms with Crippen LogP contribution in [0.2, 0.25) is 5.02 Å². The lowest BCUT2D eigenvalue weighted by atomic mass is 10.1. The van der Waals surface area contributed by atoms with Crippen LogP contribution in [0.4, 0.5) is 19.0 Å². The van der Waals surface area contributed by atoms with Crippen molar-refractivity contribution in [2.24, 2.45) is 0 Å². The van der Waals surface area contributed by atoms with Gasteiger partial charge in [-0.25, -0.2) is 15.0 Å². The van der Waals surface area contributed by atoms with Gasteiger partial charge < -0.3 is 47.5 Å². The molecule has 0 radical (unpaired) electrons. The molecule has 0 fully saturated rings. The maximum absolute atomic E-state index is 15.0. The number of H-pyrrole nitrogens is 4. The Morgan fingerprint density at radius 1 is 1.08 bits per heavy atom. The van der Waals surface area contributed by atoms with E-state index < -0.39 is 24.2 Å². The molecule has 0 unspecified atom stereocenters. The molecule has 36 heavy (non-hydrogen) atoms. The Labute approximate surface area is 227 Å². The molecule has 0 saturated carbocycles. The number of nitrogens with one attached hydrogen (secondary N) is 6. The van der Waals surface area contributed by atoms with Gasteiger partial charge in [-0.1, -0.05) is 11.6 Å². The number of aromatic nitrogens is 4. The molecule has 0 atom stereocenters. The van der Waals surface area contributed by atoms with Gasteiger partial charge in [0.1, 0.15) is 18.3 Å². The molecule has 6 N–H and O–H groups in total. The quantitative estimate of drug-likeness (QED) is 0.192. The third-order valence-corrected chi connectivity index (χ3v) is 5.40. The van der Waals surface area contributed by atoms with Gasteiger partial charge in [0.05, 0.1) is 11.4 Å². The molecule has 1 amide bonds. The Hall–Kier alpha value is -2.79. The summed E-state index contributed by atoms with van der Waals surface area (Å²) >= 11 is 6.06. The standard InChI is InChI=1S/C22H18ClF3N6O.3ClH/c23-16-10-31-21(32-12-22(25,26)18-3-1-2-5-28-18)20(24)15(16)8-19(33)30-9-14-7-13-4-6-27-17(13)11-29-14;;;/h1-7,10-11,27H,8-9,12H2,(H,30,33)(H,31,32);3*1H. The van der Waals surface area contributed by atoms with Gasteiger partial charge in [-0.15, -0.1) is 0 Å². The predicted octanol–water partition coefficient (Wildman–Crippen LogP) is -6.52. The van der Waals surface area contributed by atoms with Crippen LogP contribution >= 0.6 is 11.6 Å². The number of halogens is 7. The van der Waals surface area contributed by atoms with Gasteiger partial charge in [0.25, 0.3) is 5.69 Å². The minimum absolute atomic E-state index is 0. The first kappa shape index (κ1) is 31.2. The molecule has 4 aromatic heterocycles. The van der Waals surface area contributed by atoms with Crippen molar-refractivity contribution in [3.05, 3.63) is 82.9 Å². The summed E-state index contributed by atoms with van der Waals surface area (Å²) in [6.07, 6.45) is 5.85.